The van der Waals surface area contributed by atoms with Crippen molar-refractivity contribution in [1.82, 2.24) is 0 Å². The highest BCUT2D eigenvalue weighted by molar-refractivity contribution is 7.19. The summed E-state index contributed by atoms with van der Waals surface area (Å²) in [4.78, 5) is 0. The predicted molar refractivity (Wildman–Crippen MR) is 64.1 cm³/mol. The Kier molecular flexibility index (Phi) is 4.15. The van der Waals surface area contributed by atoms with Crippen LogP contribution in [0, 0.1) is 0 Å². The van der Waals surface area contributed by atoms with Crippen molar-refractivity contribution in [2.24, 2.45) is 0 Å². The first-order valence-corrected chi connectivity index (χ1v) is 6.85. The normalized spacial score (nSPS) is 28.5. The highest BCUT2D eigenvalue weighted by Crippen LogP contribution is 2.41. The molecule has 3 fully saturated rings. The van der Waals surface area contributed by atoms with E-state index >= 15 is 0 Å². The first kappa shape index (κ1) is 13.2. The van der Waals surface area contributed by atoms with Crippen LogP contribution in [0.4, 0.5) is 0 Å². The van der Waals surface area contributed by atoms with Crippen molar-refractivity contribution in [3.8, 4) is 0 Å². The fraction of sp³-hybridized carbons (Fsp3) is 1.00. The number of ether oxygens (including phenoxy) is 6. The van der Waals surface area contributed by atoms with Gasteiger partial charge in [-0.05, 0) is 0 Å². The maximum Gasteiger partial charge on any atom is 0.171 e. The molecule has 0 spiro atoms. The van der Waals surface area contributed by atoms with Crippen LogP contribution < -0.4 is 0 Å². The molecule has 0 amide bonds. The molecule has 0 aliphatic carbocycles. The summed E-state index contributed by atoms with van der Waals surface area (Å²) < 4.78 is 33.5. The molecule has 1 unspecified atom stereocenters. The molecular formula is C11H19O6P. The largest absolute Gasteiger partial charge is 0.350 e. The summed E-state index contributed by atoms with van der Waals surface area (Å²) in [6, 6.07) is 0. The predicted octanol–water partition coefficient (Wildman–Crippen LogP) is 0.109. The molecule has 3 aliphatic heterocycles. The molecule has 0 bridgehead atoms. The number of hydrogen-bond acceptors (Lipinski definition) is 6. The summed E-state index contributed by atoms with van der Waals surface area (Å²) in [7, 11) is 2.78. The molecule has 6 nitrogen and oxygen atoms in total. The molecule has 3 rings (SSSR count). The fourth-order valence-electron chi connectivity index (χ4n) is 2.45. The monoisotopic (exact) mass is 278 g/mol. The average molecular weight is 278 g/mol. The second kappa shape index (κ2) is 5.67. The summed E-state index contributed by atoms with van der Waals surface area (Å²) >= 11 is 0. The van der Waals surface area contributed by atoms with Crippen LogP contribution in [0.1, 0.15) is 6.42 Å². The van der Waals surface area contributed by atoms with E-state index in [1.807, 2.05) is 0 Å². The molecule has 0 aromatic carbocycles. The van der Waals surface area contributed by atoms with E-state index in [1.54, 1.807) is 0 Å². The van der Waals surface area contributed by atoms with Gasteiger partial charge in [0.25, 0.3) is 0 Å². The van der Waals surface area contributed by atoms with Crippen molar-refractivity contribution >= 4 is 9.24 Å². The lowest BCUT2D eigenvalue weighted by atomic mass is 10.0. The van der Waals surface area contributed by atoms with Crippen LogP contribution in [-0.2, 0) is 28.4 Å². The van der Waals surface area contributed by atoms with Crippen LogP contribution >= 0.6 is 9.24 Å². The Morgan fingerprint density at radius 3 is 1.56 bits per heavy atom. The van der Waals surface area contributed by atoms with Gasteiger partial charge >= 0.3 is 0 Å². The van der Waals surface area contributed by atoms with Crippen molar-refractivity contribution in [1.29, 1.82) is 0 Å². The number of hydrogen-bond donors (Lipinski definition) is 0. The van der Waals surface area contributed by atoms with Crippen molar-refractivity contribution in [2.45, 2.75) is 30.4 Å². The SMILES string of the molecule is PC(CC1OCCO1)(C1OCCO1)C1OCCO1. The van der Waals surface area contributed by atoms with Gasteiger partial charge in [-0.25, -0.2) is 0 Å². The van der Waals surface area contributed by atoms with Crippen molar-refractivity contribution in [3.63, 3.8) is 0 Å². The molecule has 0 aromatic heterocycles. The lowest BCUT2D eigenvalue weighted by molar-refractivity contribution is -0.179. The summed E-state index contributed by atoms with van der Waals surface area (Å²) in [5.41, 5.74) is 0. The lowest BCUT2D eigenvalue weighted by Gasteiger charge is -2.38. The van der Waals surface area contributed by atoms with Crippen LogP contribution in [0.3, 0.4) is 0 Å². The minimum atomic E-state index is -0.498. The van der Waals surface area contributed by atoms with Gasteiger partial charge in [-0.2, -0.15) is 0 Å². The highest BCUT2D eigenvalue weighted by atomic mass is 31.0. The molecule has 104 valence electrons. The third-order valence-corrected chi connectivity index (χ3v) is 4.11. The van der Waals surface area contributed by atoms with Gasteiger partial charge in [0.2, 0.25) is 0 Å². The van der Waals surface area contributed by atoms with Gasteiger partial charge in [0.1, 0.15) is 0 Å². The average Bonchev–Trinajstić information content (AvgIpc) is 3.13. The van der Waals surface area contributed by atoms with Crippen molar-refractivity contribution in [2.75, 3.05) is 39.6 Å². The molecule has 3 saturated heterocycles. The summed E-state index contributed by atoms with van der Waals surface area (Å²) in [6.45, 7) is 3.65. The zero-order chi connectivity index (χ0) is 12.4. The Morgan fingerprint density at radius 1 is 0.722 bits per heavy atom. The quantitative estimate of drug-likeness (QED) is 0.680. The van der Waals surface area contributed by atoms with E-state index in [0.29, 0.717) is 46.1 Å². The maximum atomic E-state index is 5.63. The van der Waals surface area contributed by atoms with E-state index in [9.17, 15) is 0 Å². The molecule has 3 heterocycles. The molecular weight excluding hydrogens is 259 g/mol. The summed E-state index contributed by atoms with van der Waals surface area (Å²) in [5, 5.41) is -0.498. The van der Waals surface area contributed by atoms with Crippen LogP contribution in [0.25, 0.3) is 0 Å². The molecule has 7 heteroatoms. The molecule has 0 saturated carbocycles. The van der Waals surface area contributed by atoms with Gasteiger partial charge in [0.05, 0.1) is 44.8 Å². The molecule has 18 heavy (non-hydrogen) atoms. The molecule has 0 radical (unpaired) electrons. The molecule has 0 aromatic rings. The van der Waals surface area contributed by atoms with Crippen LogP contribution in [0.15, 0.2) is 0 Å². The standard InChI is InChI=1S/C11H19O6P/c18-11(9-14-3-4-15-9,10-16-5-6-17-10)7-8-12-1-2-13-8/h8-10H,1-7,18H2. The van der Waals surface area contributed by atoms with Gasteiger partial charge in [0.15, 0.2) is 18.9 Å². The van der Waals surface area contributed by atoms with Crippen LogP contribution in [0.5, 0.6) is 0 Å². The Labute approximate surface area is 108 Å². The highest BCUT2D eigenvalue weighted by Gasteiger charge is 2.50. The zero-order valence-corrected chi connectivity index (χ0v) is 11.4. The molecule has 3 aliphatic rings. The second-order valence-corrected chi connectivity index (χ2v) is 5.71. The molecule has 0 N–H and O–H groups in total. The summed E-state index contributed by atoms with van der Waals surface area (Å²) in [5.74, 6) is 0. The third kappa shape index (κ3) is 2.56. The lowest BCUT2D eigenvalue weighted by Crippen LogP contribution is -2.50. The van der Waals surface area contributed by atoms with Gasteiger partial charge in [0, 0.05) is 6.42 Å². The van der Waals surface area contributed by atoms with Crippen molar-refractivity contribution < 1.29 is 28.4 Å². The van der Waals surface area contributed by atoms with Gasteiger partial charge in [-0.3, -0.25) is 0 Å². The Bertz CT molecular complexity index is 255. The minimum absolute atomic E-state index is 0.247. The van der Waals surface area contributed by atoms with E-state index in [2.05, 4.69) is 9.24 Å². The Balaban J connectivity index is 1.72. The Morgan fingerprint density at radius 2 is 1.11 bits per heavy atom. The van der Waals surface area contributed by atoms with E-state index in [0.717, 1.165) is 0 Å². The number of rotatable bonds is 4. The smallest absolute Gasteiger partial charge is 0.171 e. The van der Waals surface area contributed by atoms with Crippen LogP contribution in [-0.4, -0.2) is 63.7 Å². The maximum absolute atomic E-state index is 5.63. The second-order valence-electron chi connectivity index (χ2n) is 4.63. The van der Waals surface area contributed by atoms with E-state index in [1.165, 1.54) is 0 Å². The van der Waals surface area contributed by atoms with Crippen LogP contribution in [0.2, 0.25) is 0 Å². The first-order valence-electron chi connectivity index (χ1n) is 6.27. The Hall–Kier alpha value is 0.190. The molecule has 1 atom stereocenters. The van der Waals surface area contributed by atoms with Crippen molar-refractivity contribution in [3.05, 3.63) is 0 Å². The fourth-order valence-corrected chi connectivity index (χ4v) is 3.03. The first-order chi connectivity index (χ1) is 8.79. The topological polar surface area (TPSA) is 55.4 Å². The van der Waals surface area contributed by atoms with E-state index in [-0.39, 0.29) is 18.9 Å². The minimum Gasteiger partial charge on any atom is -0.350 e. The van der Waals surface area contributed by atoms with E-state index in [4.69, 9.17) is 28.4 Å². The summed E-state index contributed by atoms with van der Waals surface area (Å²) in [6.07, 6.45) is -0.368. The van der Waals surface area contributed by atoms with Gasteiger partial charge in [-0.15, -0.1) is 9.24 Å². The zero-order valence-electron chi connectivity index (χ0n) is 10.2. The third-order valence-electron chi connectivity index (χ3n) is 3.33. The van der Waals surface area contributed by atoms with E-state index < -0.39 is 5.16 Å². The van der Waals surface area contributed by atoms with Gasteiger partial charge < -0.3 is 28.4 Å². The van der Waals surface area contributed by atoms with Gasteiger partial charge in [-0.1, -0.05) is 0 Å².